The van der Waals surface area contributed by atoms with Crippen LogP contribution in [0.2, 0.25) is 0 Å². The van der Waals surface area contributed by atoms with Gasteiger partial charge in [0.05, 0.1) is 12.1 Å². The van der Waals surface area contributed by atoms with E-state index < -0.39 is 0 Å². The molecule has 0 fully saturated rings. The molecule has 0 spiro atoms. The van der Waals surface area contributed by atoms with Crippen LogP contribution < -0.4 is 5.73 Å². The van der Waals surface area contributed by atoms with Gasteiger partial charge in [0.2, 0.25) is 5.91 Å². The van der Waals surface area contributed by atoms with Gasteiger partial charge in [0.25, 0.3) is 0 Å². The largest absolute Gasteiger partial charge is 0.323 e. The summed E-state index contributed by atoms with van der Waals surface area (Å²) in [6, 6.07) is -0.0705. The second kappa shape index (κ2) is 3.87. The molecule has 0 aliphatic carbocycles. The Morgan fingerprint density at radius 3 is 2.69 bits per heavy atom. The average Bonchev–Trinajstić information content (AvgIpc) is 2.44. The number of nitrogens with zero attached hydrogens (tertiary/aromatic N) is 2. The highest BCUT2D eigenvalue weighted by Crippen LogP contribution is 2.14. The molecule has 74 valence electrons. The standard InChI is InChI=1S/C9H17N3O/c1-4-6(2)9(10)7-5-8(13)12(3)11-7/h6,9H,4-5,10H2,1-3H3/t6-,9-/m0/s1. The molecule has 0 aromatic rings. The molecule has 2 atom stereocenters. The number of hydrogen-bond donors (Lipinski definition) is 1. The summed E-state index contributed by atoms with van der Waals surface area (Å²) >= 11 is 0. The Labute approximate surface area is 78.8 Å². The average molecular weight is 183 g/mol. The van der Waals surface area contributed by atoms with Crippen molar-refractivity contribution in [2.75, 3.05) is 7.05 Å². The van der Waals surface area contributed by atoms with Crippen LogP contribution in [0.5, 0.6) is 0 Å². The zero-order valence-corrected chi connectivity index (χ0v) is 8.45. The van der Waals surface area contributed by atoms with E-state index in [0.717, 1.165) is 12.1 Å². The monoisotopic (exact) mass is 183 g/mol. The van der Waals surface area contributed by atoms with Crippen LogP contribution in [0.4, 0.5) is 0 Å². The van der Waals surface area contributed by atoms with Crippen molar-refractivity contribution in [3.05, 3.63) is 0 Å². The SMILES string of the molecule is CC[C@H](C)[C@H](N)C1=NN(C)C(=O)C1. The van der Waals surface area contributed by atoms with Crippen LogP contribution in [0, 0.1) is 5.92 Å². The van der Waals surface area contributed by atoms with Crippen LogP contribution in [0.25, 0.3) is 0 Å². The minimum absolute atomic E-state index is 0.0359. The maximum atomic E-state index is 11.2. The van der Waals surface area contributed by atoms with E-state index in [2.05, 4.69) is 18.9 Å². The van der Waals surface area contributed by atoms with E-state index in [1.54, 1.807) is 7.05 Å². The lowest BCUT2D eigenvalue weighted by Gasteiger charge is -2.16. The molecule has 0 unspecified atom stereocenters. The van der Waals surface area contributed by atoms with Crippen molar-refractivity contribution in [3.63, 3.8) is 0 Å². The van der Waals surface area contributed by atoms with E-state index in [1.807, 2.05) is 0 Å². The van der Waals surface area contributed by atoms with Crippen molar-refractivity contribution in [2.24, 2.45) is 16.8 Å². The van der Waals surface area contributed by atoms with E-state index in [1.165, 1.54) is 5.01 Å². The zero-order chi connectivity index (χ0) is 10.0. The summed E-state index contributed by atoms with van der Waals surface area (Å²) in [6.07, 6.45) is 1.40. The maximum absolute atomic E-state index is 11.2. The van der Waals surface area contributed by atoms with E-state index in [9.17, 15) is 4.79 Å². The normalized spacial score (nSPS) is 21.7. The molecule has 1 aliphatic heterocycles. The lowest BCUT2D eigenvalue weighted by atomic mass is 9.94. The molecule has 4 nitrogen and oxygen atoms in total. The topological polar surface area (TPSA) is 58.7 Å². The highest BCUT2D eigenvalue weighted by Gasteiger charge is 2.27. The first-order chi connectivity index (χ1) is 6.06. The Balaban J connectivity index is 2.64. The van der Waals surface area contributed by atoms with E-state index in [4.69, 9.17) is 5.73 Å². The highest BCUT2D eigenvalue weighted by molar-refractivity contribution is 6.07. The summed E-state index contributed by atoms with van der Waals surface area (Å²) in [6.45, 7) is 4.17. The molecule has 1 heterocycles. The van der Waals surface area contributed by atoms with Crippen molar-refractivity contribution in [1.82, 2.24) is 5.01 Å². The van der Waals surface area contributed by atoms with Crippen LogP contribution in [0.1, 0.15) is 26.7 Å². The van der Waals surface area contributed by atoms with Crippen LogP contribution in [0.3, 0.4) is 0 Å². The number of hydrogen-bond acceptors (Lipinski definition) is 3. The van der Waals surface area contributed by atoms with Crippen molar-refractivity contribution in [1.29, 1.82) is 0 Å². The van der Waals surface area contributed by atoms with Crippen molar-refractivity contribution in [3.8, 4) is 0 Å². The summed E-state index contributed by atoms with van der Waals surface area (Å²) in [4.78, 5) is 11.2. The number of hydrazone groups is 1. The Morgan fingerprint density at radius 2 is 2.31 bits per heavy atom. The fourth-order valence-electron chi connectivity index (χ4n) is 1.32. The second-order valence-electron chi connectivity index (χ2n) is 3.60. The van der Waals surface area contributed by atoms with Gasteiger partial charge in [0.1, 0.15) is 0 Å². The molecule has 1 aliphatic rings. The predicted octanol–water partition coefficient (Wildman–Crippen LogP) is 0.578. The Hall–Kier alpha value is -0.900. The van der Waals surface area contributed by atoms with Crippen molar-refractivity contribution in [2.45, 2.75) is 32.7 Å². The minimum atomic E-state index is -0.0705. The summed E-state index contributed by atoms with van der Waals surface area (Å²) in [5.41, 5.74) is 6.77. The van der Waals surface area contributed by atoms with Gasteiger partial charge in [-0.2, -0.15) is 5.10 Å². The number of nitrogens with two attached hydrogens (primary N) is 1. The fourth-order valence-corrected chi connectivity index (χ4v) is 1.32. The van der Waals surface area contributed by atoms with Crippen molar-refractivity contribution < 1.29 is 4.79 Å². The minimum Gasteiger partial charge on any atom is -0.323 e. The molecule has 0 radical (unpaired) electrons. The van der Waals surface area contributed by atoms with E-state index in [-0.39, 0.29) is 11.9 Å². The summed E-state index contributed by atoms with van der Waals surface area (Å²) in [5.74, 6) is 0.423. The number of carbonyl (C=O) groups is 1. The zero-order valence-electron chi connectivity index (χ0n) is 8.45. The molecule has 0 aromatic carbocycles. The summed E-state index contributed by atoms with van der Waals surface area (Å²) in [5, 5.41) is 5.49. The van der Waals surface area contributed by atoms with Crippen LogP contribution in [-0.4, -0.2) is 29.7 Å². The Morgan fingerprint density at radius 1 is 1.69 bits per heavy atom. The van der Waals surface area contributed by atoms with Gasteiger partial charge in [-0.1, -0.05) is 20.3 Å². The van der Waals surface area contributed by atoms with Gasteiger partial charge in [-0.15, -0.1) is 0 Å². The maximum Gasteiger partial charge on any atom is 0.248 e. The van der Waals surface area contributed by atoms with Gasteiger partial charge < -0.3 is 5.73 Å². The molecule has 1 rings (SSSR count). The molecule has 2 N–H and O–H groups in total. The van der Waals surface area contributed by atoms with Crippen LogP contribution in [0.15, 0.2) is 5.10 Å². The van der Waals surface area contributed by atoms with Gasteiger partial charge in [0, 0.05) is 13.1 Å². The molecule has 1 amide bonds. The smallest absolute Gasteiger partial charge is 0.248 e. The first kappa shape index (κ1) is 10.2. The summed E-state index contributed by atoms with van der Waals surface area (Å²) in [7, 11) is 1.67. The summed E-state index contributed by atoms with van der Waals surface area (Å²) < 4.78 is 0. The molecule has 0 bridgehead atoms. The fraction of sp³-hybridized carbons (Fsp3) is 0.778. The van der Waals surface area contributed by atoms with Crippen LogP contribution in [-0.2, 0) is 4.79 Å². The molecule has 13 heavy (non-hydrogen) atoms. The van der Waals surface area contributed by atoms with Gasteiger partial charge >= 0.3 is 0 Å². The number of amides is 1. The lowest BCUT2D eigenvalue weighted by molar-refractivity contribution is -0.127. The number of rotatable bonds is 3. The molecule has 0 saturated heterocycles. The quantitative estimate of drug-likeness (QED) is 0.695. The van der Waals surface area contributed by atoms with Crippen molar-refractivity contribution >= 4 is 11.6 Å². The Kier molecular flexibility index (Phi) is 3.03. The van der Waals surface area contributed by atoms with Crippen LogP contribution >= 0.6 is 0 Å². The van der Waals surface area contributed by atoms with Gasteiger partial charge in [-0.05, 0) is 5.92 Å². The molecule has 4 heteroatoms. The lowest BCUT2D eigenvalue weighted by Crippen LogP contribution is -2.36. The number of carbonyl (C=O) groups excluding carboxylic acids is 1. The molecular formula is C9H17N3O. The highest BCUT2D eigenvalue weighted by atomic mass is 16.2. The van der Waals surface area contributed by atoms with Gasteiger partial charge in [-0.25, -0.2) is 5.01 Å². The van der Waals surface area contributed by atoms with Gasteiger partial charge in [-0.3, -0.25) is 4.79 Å². The third-order valence-electron chi connectivity index (χ3n) is 2.61. The molecular weight excluding hydrogens is 166 g/mol. The van der Waals surface area contributed by atoms with E-state index >= 15 is 0 Å². The third-order valence-corrected chi connectivity index (χ3v) is 2.61. The molecule has 0 aromatic heterocycles. The third kappa shape index (κ3) is 2.06. The first-order valence-electron chi connectivity index (χ1n) is 4.65. The van der Waals surface area contributed by atoms with Gasteiger partial charge in [0.15, 0.2) is 0 Å². The Bertz CT molecular complexity index is 237. The second-order valence-corrected chi connectivity index (χ2v) is 3.60. The first-order valence-corrected chi connectivity index (χ1v) is 4.65. The predicted molar refractivity (Wildman–Crippen MR) is 52.3 cm³/mol. The molecule has 0 saturated carbocycles. The van der Waals surface area contributed by atoms with E-state index in [0.29, 0.717) is 12.3 Å².